The molecule has 1 aromatic heterocycles. The molecule has 0 saturated carbocycles. The van der Waals surface area contributed by atoms with Gasteiger partial charge in [0.05, 0.1) is 12.8 Å². The number of ether oxygens (including phenoxy) is 1. The molecule has 0 amide bonds. The van der Waals surface area contributed by atoms with Crippen LogP contribution in [0.1, 0.15) is 5.69 Å². The van der Waals surface area contributed by atoms with Crippen LogP contribution < -0.4 is 0 Å². The minimum Gasteiger partial charge on any atom is -0.496 e. The van der Waals surface area contributed by atoms with E-state index in [4.69, 9.17) is 0 Å². The van der Waals surface area contributed by atoms with Crippen LogP contribution in [0.4, 0.5) is 0 Å². The van der Waals surface area contributed by atoms with Crippen LogP contribution in [-0.4, -0.2) is 12.1 Å². The largest absolute Gasteiger partial charge is 0.496 e. The SMILES string of the molecule is COC=C=Cc1cccc(Br)n1. The molecular weight excluding hydrogens is 218 g/mol. The van der Waals surface area contributed by atoms with Crippen LogP contribution in [0.3, 0.4) is 0 Å². The Hall–Kier alpha value is -1.05. The van der Waals surface area contributed by atoms with E-state index in [9.17, 15) is 0 Å². The lowest BCUT2D eigenvalue weighted by atomic mass is 10.3. The van der Waals surface area contributed by atoms with Gasteiger partial charge in [-0.25, -0.2) is 4.98 Å². The maximum Gasteiger partial charge on any atom is 0.125 e. The molecule has 0 spiro atoms. The third-order valence-corrected chi connectivity index (χ3v) is 1.60. The van der Waals surface area contributed by atoms with Crippen molar-refractivity contribution in [3.63, 3.8) is 0 Å². The summed E-state index contributed by atoms with van der Waals surface area (Å²) >= 11 is 3.27. The zero-order valence-electron chi connectivity index (χ0n) is 6.62. The molecule has 0 aliphatic carbocycles. The van der Waals surface area contributed by atoms with Gasteiger partial charge in [-0.1, -0.05) is 11.8 Å². The van der Waals surface area contributed by atoms with Gasteiger partial charge in [-0.3, -0.25) is 0 Å². The summed E-state index contributed by atoms with van der Waals surface area (Å²) in [6, 6.07) is 5.68. The molecule has 0 aromatic carbocycles. The van der Waals surface area contributed by atoms with Crippen LogP contribution in [0.5, 0.6) is 0 Å². The summed E-state index contributed by atoms with van der Waals surface area (Å²) in [4.78, 5) is 4.17. The van der Waals surface area contributed by atoms with Crippen molar-refractivity contribution in [3.05, 3.63) is 40.5 Å². The zero-order chi connectivity index (χ0) is 8.81. The Morgan fingerprint density at radius 2 is 2.42 bits per heavy atom. The van der Waals surface area contributed by atoms with E-state index in [0.717, 1.165) is 10.3 Å². The van der Waals surface area contributed by atoms with Gasteiger partial charge >= 0.3 is 0 Å². The maximum absolute atomic E-state index is 4.69. The fraction of sp³-hybridized carbons (Fsp3) is 0.111. The maximum atomic E-state index is 4.69. The standard InChI is InChI=1S/C9H8BrNO/c1-12-7-3-5-8-4-2-6-9(10)11-8/h2,4-7H,1H3. The summed E-state index contributed by atoms with van der Waals surface area (Å²) < 4.78 is 5.50. The molecule has 0 radical (unpaired) electrons. The van der Waals surface area contributed by atoms with E-state index in [-0.39, 0.29) is 0 Å². The molecule has 1 aromatic rings. The van der Waals surface area contributed by atoms with Crippen LogP contribution >= 0.6 is 15.9 Å². The van der Waals surface area contributed by atoms with Gasteiger partial charge < -0.3 is 4.74 Å². The first-order valence-electron chi connectivity index (χ1n) is 3.39. The highest BCUT2D eigenvalue weighted by atomic mass is 79.9. The van der Waals surface area contributed by atoms with Gasteiger partial charge in [0.2, 0.25) is 0 Å². The van der Waals surface area contributed by atoms with Crippen molar-refractivity contribution in [2.24, 2.45) is 0 Å². The molecule has 2 nitrogen and oxygen atoms in total. The summed E-state index contributed by atoms with van der Waals surface area (Å²) in [5.41, 5.74) is 3.67. The molecule has 0 bridgehead atoms. The minimum atomic E-state index is 0.815. The zero-order valence-corrected chi connectivity index (χ0v) is 8.21. The number of hydrogen-bond donors (Lipinski definition) is 0. The average Bonchev–Trinajstić information content (AvgIpc) is 2.05. The van der Waals surface area contributed by atoms with Crippen LogP contribution in [0.25, 0.3) is 6.08 Å². The van der Waals surface area contributed by atoms with Gasteiger partial charge in [0.25, 0.3) is 0 Å². The molecule has 1 rings (SSSR count). The second kappa shape index (κ2) is 4.75. The van der Waals surface area contributed by atoms with Crippen molar-refractivity contribution in [1.82, 2.24) is 4.98 Å². The molecule has 0 aliphatic heterocycles. The predicted molar refractivity (Wildman–Crippen MR) is 51.5 cm³/mol. The Bertz CT molecular complexity index is 316. The number of methoxy groups -OCH3 is 1. The second-order valence-corrected chi connectivity index (χ2v) is 2.86. The lowest BCUT2D eigenvalue weighted by Crippen LogP contribution is -1.78. The fourth-order valence-electron chi connectivity index (χ4n) is 0.692. The third kappa shape index (κ3) is 2.91. The second-order valence-electron chi connectivity index (χ2n) is 2.05. The van der Waals surface area contributed by atoms with Gasteiger partial charge in [-0.2, -0.15) is 0 Å². The highest BCUT2D eigenvalue weighted by Gasteiger charge is 1.87. The molecule has 3 heteroatoms. The molecule has 12 heavy (non-hydrogen) atoms. The van der Waals surface area contributed by atoms with Gasteiger partial charge in [-0.15, -0.1) is 0 Å². The number of nitrogens with zero attached hydrogens (tertiary/aromatic N) is 1. The molecular formula is C9H8BrNO. The quantitative estimate of drug-likeness (QED) is 0.439. The number of pyridine rings is 1. The van der Waals surface area contributed by atoms with Gasteiger partial charge in [0.1, 0.15) is 10.9 Å². The lowest BCUT2D eigenvalue weighted by Gasteiger charge is -1.90. The first-order valence-corrected chi connectivity index (χ1v) is 4.18. The first-order chi connectivity index (χ1) is 5.83. The smallest absolute Gasteiger partial charge is 0.125 e. The van der Waals surface area contributed by atoms with E-state index in [1.807, 2.05) is 18.2 Å². The summed E-state index contributed by atoms with van der Waals surface area (Å²) in [6.07, 6.45) is 3.22. The Morgan fingerprint density at radius 3 is 3.08 bits per heavy atom. The average molecular weight is 226 g/mol. The van der Waals surface area contributed by atoms with Crippen molar-refractivity contribution in [3.8, 4) is 0 Å². The molecule has 0 N–H and O–H groups in total. The summed E-state index contributed by atoms with van der Waals surface area (Å²) in [5, 5.41) is 0. The molecule has 62 valence electrons. The number of hydrogen-bond acceptors (Lipinski definition) is 2. The molecule has 0 aliphatic rings. The van der Waals surface area contributed by atoms with Crippen LogP contribution in [0.15, 0.2) is 34.8 Å². The van der Waals surface area contributed by atoms with Crippen molar-refractivity contribution in [2.45, 2.75) is 0 Å². The molecule has 1 heterocycles. The Kier molecular flexibility index (Phi) is 3.58. The Balaban J connectivity index is 2.83. The number of halogens is 1. The van der Waals surface area contributed by atoms with Crippen LogP contribution in [0, 0.1) is 0 Å². The first kappa shape index (κ1) is 9.04. The Morgan fingerprint density at radius 1 is 1.58 bits per heavy atom. The third-order valence-electron chi connectivity index (χ3n) is 1.15. The van der Waals surface area contributed by atoms with E-state index in [1.54, 1.807) is 13.2 Å². The fourth-order valence-corrected chi connectivity index (χ4v) is 1.05. The van der Waals surface area contributed by atoms with Crippen LogP contribution in [0.2, 0.25) is 0 Å². The molecule has 0 fully saturated rings. The minimum absolute atomic E-state index is 0.815. The van der Waals surface area contributed by atoms with Gasteiger partial charge in [0, 0.05) is 6.08 Å². The lowest BCUT2D eigenvalue weighted by molar-refractivity contribution is 0.339. The predicted octanol–water partition coefficient (Wildman–Crippen LogP) is 2.62. The highest BCUT2D eigenvalue weighted by molar-refractivity contribution is 9.10. The van der Waals surface area contributed by atoms with E-state index in [2.05, 4.69) is 31.4 Å². The van der Waals surface area contributed by atoms with E-state index < -0.39 is 0 Å². The number of rotatable bonds is 2. The van der Waals surface area contributed by atoms with E-state index >= 15 is 0 Å². The monoisotopic (exact) mass is 225 g/mol. The summed E-state index contributed by atoms with van der Waals surface area (Å²) in [7, 11) is 1.58. The molecule has 0 saturated heterocycles. The van der Waals surface area contributed by atoms with Crippen LogP contribution in [-0.2, 0) is 4.74 Å². The van der Waals surface area contributed by atoms with Crippen molar-refractivity contribution >= 4 is 22.0 Å². The topological polar surface area (TPSA) is 22.1 Å². The molecule has 0 unspecified atom stereocenters. The van der Waals surface area contributed by atoms with Gasteiger partial charge in [0.15, 0.2) is 0 Å². The van der Waals surface area contributed by atoms with Crippen molar-refractivity contribution in [2.75, 3.05) is 7.11 Å². The van der Waals surface area contributed by atoms with Crippen molar-refractivity contribution in [1.29, 1.82) is 0 Å². The number of aromatic nitrogens is 1. The highest BCUT2D eigenvalue weighted by Crippen LogP contribution is 2.06. The molecule has 0 atom stereocenters. The van der Waals surface area contributed by atoms with Gasteiger partial charge in [-0.05, 0) is 28.1 Å². The van der Waals surface area contributed by atoms with E-state index in [0.29, 0.717) is 0 Å². The van der Waals surface area contributed by atoms with E-state index in [1.165, 1.54) is 6.26 Å². The Labute approximate surface area is 79.7 Å². The van der Waals surface area contributed by atoms with Crippen molar-refractivity contribution < 1.29 is 4.74 Å². The normalized spacial score (nSPS) is 8.50. The summed E-state index contributed by atoms with van der Waals surface area (Å²) in [5.74, 6) is 0. The summed E-state index contributed by atoms with van der Waals surface area (Å²) in [6.45, 7) is 0.